The summed E-state index contributed by atoms with van der Waals surface area (Å²) in [4.78, 5) is 6.63. The summed E-state index contributed by atoms with van der Waals surface area (Å²) in [6.07, 6.45) is 3.78. The molecule has 0 atom stereocenters. The highest BCUT2D eigenvalue weighted by Gasteiger charge is 2.28. The second-order valence-corrected chi connectivity index (χ2v) is 6.17. The van der Waals surface area contributed by atoms with Crippen molar-refractivity contribution in [2.75, 3.05) is 30.0 Å². The van der Waals surface area contributed by atoms with Gasteiger partial charge in [0.1, 0.15) is 0 Å². The van der Waals surface area contributed by atoms with Crippen molar-refractivity contribution < 1.29 is 5.11 Å². The van der Waals surface area contributed by atoms with Gasteiger partial charge in [-0.2, -0.15) is 0 Å². The first kappa shape index (κ1) is 14.4. The van der Waals surface area contributed by atoms with Crippen LogP contribution < -0.4 is 16.4 Å². The van der Waals surface area contributed by atoms with Crippen LogP contribution in [0.4, 0.5) is 11.4 Å². The van der Waals surface area contributed by atoms with Crippen molar-refractivity contribution in [1.29, 1.82) is 0 Å². The maximum atomic E-state index is 9.52. The number of aromatic nitrogens is 1. The Morgan fingerprint density at radius 1 is 1.47 bits per heavy atom. The van der Waals surface area contributed by atoms with E-state index in [2.05, 4.69) is 16.8 Å². The third-order valence-corrected chi connectivity index (χ3v) is 4.28. The van der Waals surface area contributed by atoms with Gasteiger partial charge in [-0.05, 0) is 32.1 Å². The molecule has 0 radical (unpaired) electrons. The van der Waals surface area contributed by atoms with Crippen LogP contribution in [-0.4, -0.2) is 35.0 Å². The first-order chi connectivity index (χ1) is 8.96. The quantitative estimate of drug-likeness (QED) is 0.722. The monoisotopic (exact) mass is 282 g/mol. The average molecular weight is 282 g/mol. The molecule has 0 aromatic carbocycles. The van der Waals surface area contributed by atoms with Crippen LogP contribution in [0, 0.1) is 0 Å². The minimum Gasteiger partial charge on any atom is -0.397 e. The third-order valence-electron chi connectivity index (χ3n) is 3.65. The molecule has 1 saturated heterocycles. The molecule has 5 nitrogen and oxygen atoms in total. The number of nitrogens with two attached hydrogens (primary N) is 2. The highest BCUT2D eigenvalue weighted by Crippen LogP contribution is 2.33. The first-order valence-corrected chi connectivity index (χ1v) is 7.67. The molecule has 0 unspecified atom stereocenters. The smallest absolute Gasteiger partial charge is 0.0983 e. The molecule has 1 aromatic heterocycles. The van der Waals surface area contributed by atoms with E-state index in [1.54, 1.807) is 0 Å². The number of anilines is 2. The summed E-state index contributed by atoms with van der Waals surface area (Å²) < 4.78 is 0. The van der Waals surface area contributed by atoms with E-state index in [1.807, 2.05) is 12.3 Å². The highest BCUT2D eigenvalue weighted by molar-refractivity contribution is 7.98. The molecule has 0 amide bonds. The van der Waals surface area contributed by atoms with Gasteiger partial charge in [0.05, 0.1) is 28.7 Å². The maximum Gasteiger partial charge on any atom is 0.0983 e. The van der Waals surface area contributed by atoms with E-state index in [0.717, 1.165) is 36.6 Å². The Labute approximate surface area is 118 Å². The zero-order valence-electron chi connectivity index (χ0n) is 11.5. The van der Waals surface area contributed by atoms with E-state index in [9.17, 15) is 5.11 Å². The zero-order chi connectivity index (χ0) is 14.0. The molecule has 106 valence electrons. The van der Waals surface area contributed by atoms with Crippen LogP contribution in [0.5, 0.6) is 0 Å². The predicted molar refractivity (Wildman–Crippen MR) is 80.4 cm³/mol. The SMILES string of the molecule is CSc1cc(N)c(N2CCC(C)(N)CC2)c(CO)n1. The van der Waals surface area contributed by atoms with E-state index in [-0.39, 0.29) is 12.1 Å². The summed E-state index contributed by atoms with van der Waals surface area (Å²) in [6, 6.07) is 1.87. The fourth-order valence-corrected chi connectivity index (χ4v) is 2.85. The molecular weight excluding hydrogens is 260 g/mol. The van der Waals surface area contributed by atoms with Crippen molar-refractivity contribution in [3.63, 3.8) is 0 Å². The molecule has 19 heavy (non-hydrogen) atoms. The van der Waals surface area contributed by atoms with Gasteiger partial charge in [-0.1, -0.05) is 0 Å². The molecule has 2 heterocycles. The van der Waals surface area contributed by atoms with Gasteiger partial charge in [-0.15, -0.1) is 11.8 Å². The molecule has 0 saturated carbocycles. The van der Waals surface area contributed by atoms with E-state index >= 15 is 0 Å². The number of nitrogens with zero attached hydrogens (tertiary/aromatic N) is 2. The number of nitrogen functional groups attached to an aromatic ring is 1. The normalized spacial score (nSPS) is 18.6. The van der Waals surface area contributed by atoms with Gasteiger partial charge in [-0.3, -0.25) is 0 Å². The Morgan fingerprint density at radius 2 is 2.11 bits per heavy atom. The minimum absolute atomic E-state index is 0.0929. The molecule has 1 fully saturated rings. The Balaban J connectivity index is 2.29. The molecule has 0 bridgehead atoms. The number of pyridine rings is 1. The van der Waals surface area contributed by atoms with Gasteiger partial charge in [-0.25, -0.2) is 4.98 Å². The maximum absolute atomic E-state index is 9.52. The molecule has 5 N–H and O–H groups in total. The van der Waals surface area contributed by atoms with Crippen LogP contribution in [0.15, 0.2) is 11.1 Å². The molecule has 1 aliphatic rings. The summed E-state index contributed by atoms with van der Waals surface area (Å²) >= 11 is 1.53. The van der Waals surface area contributed by atoms with Crippen LogP contribution in [0.2, 0.25) is 0 Å². The van der Waals surface area contributed by atoms with E-state index in [4.69, 9.17) is 11.5 Å². The Kier molecular flexibility index (Phi) is 4.23. The van der Waals surface area contributed by atoms with E-state index in [0.29, 0.717) is 11.4 Å². The van der Waals surface area contributed by atoms with Crippen LogP contribution in [0.1, 0.15) is 25.5 Å². The number of rotatable bonds is 3. The first-order valence-electron chi connectivity index (χ1n) is 6.45. The summed E-state index contributed by atoms with van der Waals surface area (Å²) in [7, 11) is 0. The molecule has 0 spiro atoms. The summed E-state index contributed by atoms with van der Waals surface area (Å²) in [6.45, 7) is 3.69. The number of hydrogen-bond acceptors (Lipinski definition) is 6. The fraction of sp³-hybridized carbons (Fsp3) is 0.615. The largest absolute Gasteiger partial charge is 0.397 e. The Bertz CT molecular complexity index is 454. The molecule has 1 aromatic rings. The van der Waals surface area contributed by atoms with Crippen molar-refractivity contribution in [3.8, 4) is 0 Å². The number of aliphatic hydroxyl groups excluding tert-OH is 1. The average Bonchev–Trinajstić information content (AvgIpc) is 2.38. The standard InChI is InChI=1S/C13H22N4OS/c1-13(15)3-5-17(6-4-13)12-9(14)7-11(19-2)16-10(12)8-18/h7,18H,3-6,8,15H2,1-2H3,(H2,14,16). The lowest BCUT2D eigenvalue weighted by Crippen LogP contribution is -2.48. The summed E-state index contributed by atoms with van der Waals surface area (Å²) in [5.41, 5.74) is 14.4. The van der Waals surface area contributed by atoms with E-state index < -0.39 is 0 Å². The molecule has 0 aliphatic carbocycles. The van der Waals surface area contributed by atoms with Gasteiger partial charge in [0.25, 0.3) is 0 Å². The number of piperidine rings is 1. The third kappa shape index (κ3) is 3.13. The topological polar surface area (TPSA) is 88.4 Å². The van der Waals surface area contributed by atoms with Crippen molar-refractivity contribution in [2.24, 2.45) is 5.73 Å². The molecule has 2 rings (SSSR count). The van der Waals surface area contributed by atoms with Gasteiger partial charge in [0.15, 0.2) is 0 Å². The number of aliphatic hydroxyl groups is 1. The van der Waals surface area contributed by atoms with Crippen LogP contribution in [0.25, 0.3) is 0 Å². The molecule has 1 aliphatic heterocycles. The van der Waals surface area contributed by atoms with Crippen molar-refractivity contribution in [2.45, 2.75) is 36.9 Å². The van der Waals surface area contributed by atoms with Crippen molar-refractivity contribution in [1.82, 2.24) is 4.98 Å². The van der Waals surface area contributed by atoms with Gasteiger partial charge in [0.2, 0.25) is 0 Å². The zero-order valence-corrected chi connectivity index (χ0v) is 12.3. The highest BCUT2D eigenvalue weighted by atomic mass is 32.2. The number of hydrogen-bond donors (Lipinski definition) is 3. The Morgan fingerprint density at radius 3 is 2.63 bits per heavy atom. The lowest BCUT2D eigenvalue weighted by molar-refractivity contribution is 0.275. The van der Waals surface area contributed by atoms with Crippen LogP contribution in [0.3, 0.4) is 0 Å². The predicted octanol–water partition coefficient (Wildman–Crippen LogP) is 1.20. The Hall–Kier alpha value is -0.980. The second-order valence-electron chi connectivity index (χ2n) is 5.35. The van der Waals surface area contributed by atoms with Crippen molar-refractivity contribution in [3.05, 3.63) is 11.8 Å². The second kappa shape index (κ2) is 5.56. The lowest BCUT2D eigenvalue weighted by atomic mass is 9.90. The van der Waals surface area contributed by atoms with Crippen LogP contribution in [-0.2, 0) is 6.61 Å². The minimum atomic E-state index is -0.0999. The van der Waals surface area contributed by atoms with Gasteiger partial charge >= 0.3 is 0 Å². The molecular formula is C13H22N4OS. The van der Waals surface area contributed by atoms with Gasteiger partial charge < -0.3 is 21.5 Å². The summed E-state index contributed by atoms with van der Waals surface area (Å²) in [5.74, 6) is 0. The fourth-order valence-electron chi connectivity index (χ4n) is 2.41. The van der Waals surface area contributed by atoms with Crippen molar-refractivity contribution >= 4 is 23.1 Å². The molecule has 6 heteroatoms. The lowest BCUT2D eigenvalue weighted by Gasteiger charge is -2.39. The van der Waals surface area contributed by atoms with Crippen LogP contribution >= 0.6 is 11.8 Å². The number of thioether (sulfide) groups is 1. The van der Waals surface area contributed by atoms with E-state index in [1.165, 1.54) is 11.8 Å². The van der Waals surface area contributed by atoms with Gasteiger partial charge in [0, 0.05) is 18.6 Å². The summed E-state index contributed by atoms with van der Waals surface area (Å²) in [5, 5.41) is 10.4.